The molecule has 2 heterocycles. The van der Waals surface area contributed by atoms with Gasteiger partial charge in [0.05, 0.1) is 31.0 Å². The number of thioether (sulfide) groups is 1. The molecule has 0 bridgehead atoms. The van der Waals surface area contributed by atoms with E-state index in [1.54, 1.807) is 36.3 Å². The number of amides is 2. The summed E-state index contributed by atoms with van der Waals surface area (Å²) in [4.78, 5) is 28.7. The number of anilines is 1. The highest BCUT2D eigenvalue weighted by Crippen LogP contribution is 2.42. The van der Waals surface area contributed by atoms with Crippen LogP contribution in [-0.2, 0) is 22.7 Å². The number of rotatable bonds is 6. The lowest BCUT2D eigenvalue weighted by Crippen LogP contribution is -2.47. The van der Waals surface area contributed by atoms with Crippen molar-refractivity contribution in [1.82, 2.24) is 5.32 Å². The summed E-state index contributed by atoms with van der Waals surface area (Å²) < 4.78 is 18.7. The van der Waals surface area contributed by atoms with Crippen molar-refractivity contribution in [3.05, 3.63) is 83.0 Å². The Morgan fingerprint density at radius 1 is 1.26 bits per heavy atom. The normalized spacial score (nSPS) is 16.7. The van der Waals surface area contributed by atoms with Crippen molar-refractivity contribution in [1.29, 1.82) is 0 Å². The first-order valence-electron chi connectivity index (χ1n) is 9.75. The molecular formula is C23H20ClFN2O3S. The SMILES string of the molecule is C[C@@H](C(=O)NCc1ccco1)[C@@H]1Sc2ccccc2N(Cc2ccc(F)cc2Cl)C1=O. The molecule has 3 aromatic rings. The molecule has 2 amide bonds. The maximum absolute atomic E-state index is 13.5. The molecule has 0 saturated heterocycles. The van der Waals surface area contributed by atoms with E-state index in [0.717, 1.165) is 10.6 Å². The Morgan fingerprint density at radius 2 is 2.06 bits per heavy atom. The average Bonchev–Trinajstić information content (AvgIpc) is 3.28. The fourth-order valence-corrected chi connectivity index (χ4v) is 4.94. The van der Waals surface area contributed by atoms with E-state index in [9.17, 15) is 14.0 Å². The van der Waals surface area contributed by atoms with Gasteiger partial charge >= 0.3 is 0 Å². The summed E-state index contributed by atoms with van der Waals surface area (Å²) in [5.74, 6) is -0.798. The largest absolute Gasteiger partial charge is 0.467 e. The first-order valence-corrected chi connectivity index (χ1v) is 11.0. The van der Waals surface area contributed by atoms with Crippen molar-refractivity contribution in [2.45, 2.75) is 30.2 Å². The Balaban J connectivity index is 1.57. The number of hydrogen-bond acceptors (Lipinski definition) is 4. The second-order valence-electron chi connectivity index (χ2n) is 7.25. The molecule has 0 fully saturated rings. The molecule has 1 N–H and O–H groups in total. The van der Waals surface area contributed by atoms with Gasteiger partial charge in [-0.15, -0.1) is 11.8 Å². The van der Waals surface area contributed by atoms with Gasteiger partial charge in [-0.25, -0.2) is 4.39 Å². The van der Waals surface area contributed by atoms with Gasteiger partial charge in [0, 0.05) is 9.92 Å². The predicted molar refractivity (Wildman–Crippen MR) is 118 cm³/mol. The third kappa shape index (κ3) is 4.62. The Morgan fingerprint density at radius 3 is 2.81 bits per heavy atom. The third-order valence-corrected chi connectivity index (χ3v) is 6.96. The first kappa shape index (κ1) is 21.5. The van der Waals surface area contributed by atoms with Crippen LogP contribution in [-0.4, -0.2) is 17.1 Å². The molecule has 0 saturated carbocycles. The van der Waals surface area contributed by atoms with Gasteiger partial charge in [-0.1, -0.05) is 36.7 Å². The number of carbonyl (C=O) groups is 2. The van der Waals surface area contributed by atoms with Crippen LogP contribution >= 0.6 is 23.4 Å². The van der Waals surface area contributed by atoms with E-state index in [-0.39, 0.29) is 29.9 Å². The van der Waals surface area contributed by atoms with Gasteiger partial charge in [0.25, 0.3) is 0 Å². The Hall–Kier alpha value is -2.77. The Kier molecular flexibility index (Phi) is 6.34. The summed E-state index contributed by atoms with van der Waals surface area (Å²) in [6.45, 7) is 2.18. The van der Waals surface area contributed by atoms with E-state index in [1.165, 1.54) is 23.9 Å². The summed E-state index contributed by atoms with van der Waals surface area (Å²) in [6, 6.07) is 15.2. The lowest BCUT2D eigenvalue weighted by atomic mass is 10.0. The number of furan rings is 1. The van der Waals surface area contributed by atoms with Gasteiger partial charge in [0.1, 0.15) is 16.8 Å². The number of hydrogen-bond donors (Lipinski definition) is 1. The van der Waals surface area contributed by atoms with Crippen molar-refractivity contribution < 1.29 is 18.4 Å². The topological polar surface area (TPSA) is 62.6 Å². The molecule has 2 atom stereocenters. The predicted octanol–water partition coefficient (Wildman–Crippen LogP) is 5.03. The van der Waals surface area contributed by atoms with Crippen LogP contribution in [0.4, 0.5) is 10.1 Å². The first-order chi connectivity index (χ1) is 14.9. The number of nitrogens with one attached hydrogen (secondary N) is 1. The van der Waals surface area contributed by atoms with Crippen molar-refractivity contribution in [2.75, 3.05) is 4.90 Å². The van der Waals surface area contributed by atoms with Crippen molar-refractivity contribution >= 4 is 40.9 Å². The molecule has 5 nitrogen and oxygen atoms in total. The lowest BCUT2D eigenvalue weighted by Gasteiger charge is -2.36. The fraction of sp³-hybridized carbons (Fsp3) is 0.217. The molecule has 1 aliphatic rings. The zero-order valence-electron chi connectivity index (χ0n) is 16.7. The number of benzene rings is 2. The van der Waals surface area contributed by atoms with Crippen LogP contribution in [0.5, 0.6) is 0 Å². The monoisotopic (exact) mass is 458 g/mol. The summed E-state index contributed by atoms with van der Waals surface area (Å²) in [7, 11) is 0. The van der Waals surface area contributed by atoms with Crippen molar-refractivity contribution in [3.8, 4) is 0 Å². The molecule has 8 heteroatoms. The van der Waals surface area contributed by atoms with Crippen LogP contribution in [0.3, 0.4) is 0 Å². The summed E-state index contributed by atoms with van der Waals surface area (Å²) in [5.41, 5.74) is 1.38. The van der Waals surface area contributed by atoms with Gasteiger partial charge in [0.2, 0.25) is 11.8 Å². The lowest BCUT2D eigenvalue weighted by molar-refractivity contribution is -0.128. The van der Waals surface area contributed by atoms with Crippen LogP contribution in [0.15, 0.2) is 70.2 Å². The number of para-hydroxylation sites is 1. The maximum atomic E-state index is 13.5. The number of fused-ring (bicyclic) bond motifs is 1. The zero-order valence-corrected chi connectivity index (χ0v) is 18.3. The van der Waals surface area contributed by atoms with Crippen molar-refractivity contribution in [2.24, 2.45) is 5.92 Å². The van der Waals surface area contributed by atoms with E-state index in [0.29, 0.717) is 11.3 Å². The summed E-state index contributed by atoms with van der Waals surface area (Å²) >= 11 is 7.58. The quantitative estimate of drug-likeness (QED) is 0.562. The minimum atomic E-state index is -0.606. The minimum absolute atomic E-state index is 0.187. The third-order valence-electron chi connectivity index (χ3n) is 5.15. The van der Waals surface area contributed by atoms with Crippen molar-refractivity contribution in [3.63, 3.8) is 0 Å². The van der Waals surface area contributed by atoms with Crippen LogP contribution in [0.1, 0.15) is 18.2 Å². The van der Waals surface area contributed by atoms with Crippen LogP contribution in [0.25, 0.3) is 0 Å². The summed E-state index contributed by atoms with van der Waals surface area (Å²) in [6.07, 6.45) is 1.54. The highest BCUT2D eigenvalue weighted by Gasteiger charge is 2.39. The highest BCUT2D eigenvalue weighted by molar-refractivity contribution is 8.01. The number of halogens is 2. The molecule has 0 unspecified atom stereocenters. The molecule has 2 aromatic carbocycles. The second-order valence-corrected chi connectivity index (χ2v) is 8.84. The standard InChI is InChI=1S/C23H20ClFN2O3S/c1-14(22(28)26-12-17-5-4-10-30-17)21-23(29)27(19-6-2-3-7-20(19)31-21)13-15-8-9-16(25)11-18(15)24/h2-11,14,21H,12-13H2,1H3,(H,26,28)/t14-,21+/m1/s1. The van der Waals surface area contributed by atoms with Gasteiger partial charge in [-0.05, 0) is 42.0 Å². The molecule has 0 aliphatic carbocycles. The number of nitrogens with zero attached hydrogens (tertiary/aromatic N) is 1. The van der Waals surface area contributed by atoms with Crippen LogP contribution < -0.4 is 10.2 Å². The molecule has 0 spiro atoms. The van der Waals surface area contributed by atoms with E-state index in [2.05, 4.69) is 5.32 Å². The zero-order chi connectivity index (χ0) is 22.0. The number of carbonyl (C=O) groups excluding carboxylic acids is 2. The second kappa shape index (κ2) is 9.16. The molecule has 0 radical (unpaired) electrons. The van der Waals surface area contributed by atoms with Crippen LogP contribution in [0, 0.1) is 11.7 Å². The van der Waals surface area contributed by atoms with Gasteiger partial charge in [0.15, 0.2) is 0 Å². The smallest absolute Gasteiger partial charge is 0.241 e. The molecule has 31 heavy (non-hydrogen) atoms. The molecule has 1 aliphatic heterocycles. The maximum Gasteiger partial charge on any atom is 0.241 e. The van der Waals surface area contributed by atoms with Gasteiger partial charge in [-0.2, -0.15) is 0 Å². The fourth-order valence-electron chi connectivity index (χ4n) is 3.42. The van der Waals surface area contributed by atoms with Crippen LogP contribution in [0.2, 0.25) is 5.02 Å². The van der Waals surface area contributed by atoms with Gasteiger partial charge < -0.3 is 14.6 Å². The average molecular weight is 459 g/mol. The Labute approximate surface area is 188 Å². The van der Waals surface area contributed by atoms with E-state index in [4.69, 9.17) is 16.0 Å². The van der Waals surface area contributed by atoms with E-state index < -0.39 is 17.0 Å². The Bertz CT molecular complexity index is 1110. The van der Waals surface area contributed by atoms with E-state index in [1.807, 2.05) is 24.3 Å². The minimum Gasteiger partial charge on any atom is -0.467 e. The highest BCUT2D eigenvalue weighted by atomic mass is 35.5. The molecule has 1 aromatic heterocycles. The molecular weight excluding hydrogens is 439 g/mol. The molecule has 160 valence electrons. The van der Waals surface area contributed by atoms with E-state index >= 15 is 0 Å². The molecule has 4 rings (SSSR count). The summed E-state index contributed by atoms with van der Waals surface area (Å²) in [5, 5.41) is 2.48. The van der Waals surface area contributed by atoms with Gasteiger partial charge in [-0.3, -0.25) is 9.59 Å².